The highest BCUT2D eigenvalue weighted by molar-refractivity contribution is 5.79. The number of aryl methyl sites for hydroxylation is 1. The number of ketones is 1. The summed E-state index contributed by atoms with van der Waals surface area (Å²) in [5.74, 6) is 0.863. The van der Waals surface area contributed by atoms with Crippen LogP contribution in [0.1, 0.15) is 69.4 Å². The van der Waals surface area contributed by atoms with E-state index in [2.05, 4.69) is 38.1 Å². The van der Waals surface area contributed by atoms with Crippen LogP contribution in [0, 0.1) is 5.41 Å². The summed E-state index contributed by atoms with van der Waals surface area (Å²) < 4.78 is 0. The number of Topliss-reactive ketones (excluding diaryl/α,β-unsaturated/α-hetero) is 1. The van der Waals surface area contributed by atoms with Crippen LogP contribution in [0.4, 0.5) is 0 Å². The van der Waals surface area contributed by atoms with E-state index >= 15 is 0 Å². The van der Waals surface area contributed by atoms with Crippen molar-refractivity contribution in [3.8, 4) is 0 Å². The molecule has 0 saturated carbocycles. The van der Waals surface area contributed by atoms with Crippen LogP contribution in [0.25, 0.3) is 0 Å². The fraction of sp³-hybridized carbons (Fsp3) is 0.632. The summed E-state index contributed by atoms with van der Waals surface area (Å²) in [6, 6.07) is 8.64. The Morgan fingerprint density at radius 2 is 2.05 bits per heavy atom. The van der Waals surface area contributed by atoms with Crippen molar-refractivity contribution in [2.24, 2.45) is 11.1 Å². The maximum absolute atomic E-state index is 12.3. The van der Waals surface area contributed by atoms with E-state index < -0.39 is 0 Å². The van der Waals surface area contributed by atoms with Gasteiger partial charge in [-0.3, -0.25) is 4.79 Å². The van der Waals surface area contributed by atoms with E-state index in [1.165, 1.54) is 24.0 Å². The van der Waals surface area contributed by atoms with Gasteiger partial charge in [0.25, 0.3) is 0 Å². The smallest absolute Gasteiger partial charge is 0.133 e. The first kappa shape index (κ1) is 16.2. The molecule has 1 unspecified atom stereocenters. The van der Waals surface area contributed by atoms with Gasteiger partial charge < -0.3 is 5.73 Å². The molecule has 1 aromatic rings. The predicted octanol–water partition coefficient (Wildman–Crippen LogP) is 4.22. The zero-order valence-electron chi connectivity index (χ0n) is 13.5. The lowest BCUT2D eigenvalue weighted by molar-refractivity contribution is -0.120. The van der Waals surface area contributed by atoms with Crippen molar-refractivity contribution in [3.63, 3.8) is 0 Å². The Bertz CT molecular complexity index is 478. The Morgan fingerprint density at radius 3 is 2.81 bits per heavy atom. The Labute approximate surface area is 129 Å². The summed E-state index contributed by atoms with van der Waals surface area (Å²) in [5, 5.41) is 0. The van der Waals surface area contributed by atoms with Crippen LogP contribution < -0.4 is 5.73 Å². The maximum atomic E-state index is 12.3. The Morgan fingerprint density at radius 1 is 1.29 bits per heavy atom. The summed E-state index contributed by atoms with van der Waals surface area (Å²) in [6.45, 7) is 5.13. The zero-order chi connectivity index (χ0) is 15.3. The van der Waals surface area contributed by atoms with Crippen molar-refractivity contribution in [2.75, 3.05) is 6.54 Å². The van der Waals surface area contributed by atoms with Crippen LogP contribution in [0.2, 0.25) is 0 Å². The minimum Gasteiger partial charge on any atom is -0.330 e. The molecule has 1 aliphatic carbocycles. The first-order valence-corrected chi connectivity index (χ1v) is 8.31. The lowest BCUT2D eigenvalue weighted by atomic mass is 9.78. The SMILES string of the molecule is CC(C)(CCN)CCC(=O)CC1CCCc2ccccc21. The quantitative estimate of drug-likeness (QED) is 0.816. The van der Waals surface area contributed by atoms with E-state index in [1.807, 2.05) is 0 Å². The Kier molecular flexibility index (Phi) is 5.58. The minimum absolute atomic E-state index is 0.189. The topological polar surface area (TPSA) is 43.1 Å². The number of fused-ring (bicyclic) bond motifs is 1. The van der Waals surface area contributed by atoms with Crippen molar-refractivity contribution in [1.82, 2.24) is 0 Å². The van der Waals surface area contributed by atoms with E-state index in [0.717, 1.165) is 25.7 Å². The van der Waals surface area contributed by atoms with Gasteiger partial charge in [-0.2, -0.15) is 0 Å². The van der Waals surface area contributed by atoms with E-state index in [-0.39, 0.29) is 5.41 Å². The molecule has 1 aromatic carbocycles. The molecular weight excluding hydrogens is 258 g/mol. The monoisotopic (exact) mass is 287 g/mol. The number of benzene rings is 1. The summed E-state index contributed by atoms with van der Waals surface area (Å²) >= 11 is 0. The summed E-state index contributed by atoms with van der Waals surface area (Å²) in [5.41, 5.74) is 8.69. The van der Waals surface area contributed by atoms with Gasteiger partial charge in [0.15, 0.2) is 0 Å². The van der Waals surface area contributed by atoms with Crippen molar-refractivity contribution < 1.29 is 4.79 Å². The third-order valence-electron chi connectivity index (χ3n) is 4.87. The number of carbonyl (C=O) groups excluding carboxylic acids is 1. The molecular formula is C19H29NO. The molecule has 0 aromatic heterocycles. The summed E-state index contributed by atoms with van der Waals surface area (Å²) in [4.78, 5) is 12.3. The molecule has 1 atom stereocenters. The molecule has 2 N–H and O–H groups in total. The minimum atomic E-state index is 0.189. The number of hydrogen-bond donors (Lipinski definition) is 1. The highest BCUT2D eigenvalue weighted by Crippen LogP contribution is 2.35. The van der Waals surface area contributed by atoms with Crippen LogP contribution in [0.3, 0.4) is 0 Å². The third-order valence-corrected chi connectivity index (χ3v) is 4.87. The van der Waals surface area contributed by atoms with Gasteiger partial charge in [0, 0.05) is 12.8 Å². The normalized spacial score (nSPS) is 18.3. The molecule has 0 fully saturated rings. The lowest BCUT2D eigenvalue weighted by Crippen LogP contribution is -2.19. The Hall–Kier alpha value is -1.15. The molecule has 0 radical (unpaired) electrons. The second-order valence-electron chi connectivity index (χ2n) is 7.23. The summed E-state index contributed by atoms with van der Waals surface area (Å²) in [6.07, 6.45) is 6.91. The van der Waals surface area contributed by atoms with Crippen LogP contribution >= 0.6 is 0 Å². The van der Waals surface area contributed by atoms with Crippen molar-refractivity contribution in [2.45, 2.75) is 64.7 Å². The molecule has 2 rings (SSSR count). The average Bonchev–Trinajstić information content (AvgIpc) is 2.46. The van der Waals surface area contributed by atoms with Gasteiger partial charge >= 0.3 is 0 Å². The second-order valence-corrected chi connectivity index (χ2v) is 7.23. The van der Waals surface area contributed by atoms with Gasteiger partial charge in [0.1, 0.15) is 5.78 Å². The largest absolute Gasteiger partial charge is 0.330 e. The molecule has 0 bridgehead atoms. The van der Waals surface area contributed by atoms with E-state index in [9.17, 15) is 4.79 Å². The predicted molar refractivity (Wildman–Crippen MR) is 88.4 cm³/mol. The fourth-order valence-electron chi connectivity index (χ4n) is 3.44. The molecule has 0 aliphatic heterocycles. The van der Waals surface area contributed by atoms with Crippen molar-refractivity contribution in [3.05, 3.63) is 35.4 Å². The van der Waals surface area contributed by atoms with Gasteiger partial charge in [-0.05, 0) is 61.1 Å². The number of carbonyl (C=O) groups is 1. The fourth-order valence-corrected chi connectivity index (χ4v) is 3.44. The van der Waals surface area contributed by atoms with Crippen molar-refractivity contribution >= 4 is 5.78 Å². The number of nitrogens with two attached hydrogens (primary N) is 1. The molecule has 0 saturated heterocycles. The number of hydrogen-bond acceptors (Lipinski definition) is 2. The molecule has 0 heterocycles. The van der Waals surface area contributed by atoms with Gasteiger partial charge in [-0.15, -0.1) is 0 Å². The van der Waals surface area contributed by atoms with Crippen LogP contribution in [-0.4, -0.2) is 12.3 Å². The Balaban J connectivity index is 1.89. The number of rotatable bonds is 7. The van der Waals surface area contributed by atoms with Gasteiger partial charge in [0.2, 0.25) is 0 Å². The first-order valence-electron chi connectivity index (χ1n) is 8.31. The van der Waals surface area contributed by atoms with Gasteiger partial charge in [-0.1, -0.05) is 38.1 Å². The van der Waals surface area contributed by atoms with E-state index in [1.54, 1.807) is 0 Å². The molecule has 0 amide bonds. The molecule has 2 nitrogen and oxygen atoms in total. The van der Waals surface area contributed by atoms with Crippen LogP contribution in [0.5, 0.6) is 0 Å². The standard InChI is InChI=1S/C19H29NO/c1-19(2,12-13-20)11-10-17(21)14-16-8-5-7-15-6-3-4-9-18(15)16/h3-4,6,9,16H,5,7-8,10-14,20H2,1-2H3. The highest BCUT2D eigenvalue weighted by atomic mass is 16.1. The molecule has 0 spiro atoms. The third kappa shape index (κ3) is 4.67. The van der Waals surface area contributed by atoms with Crippen LogP contribution in [0.15, 0.2) is 24.3 Å². The van der Waals surface area contributed by atoms with Crippen molar-refractivity contribution in [1.29, 1.82) is 0 Å². The molecule has 1 aliphatic rings. The second kappa shape index (κ2) is 7.22. The zero-order valence-corrected chi connectivity index (χ0v) is 13.5. The molecule has 21 heavy (non-hydrogen) atoms. The van der Waals surface area contributed by atoms with E-state index in [0.29, 0.717) is 24.7 Å². The maximum Gasteiger partial charge on any atom is 0.133 e. The van der Waals surface area contributed by atoms with Crippen LogP contribution in [-0.2, 0) is 11.2 Å². The first-order chi connectivity index (χ1) is 10.0. The molecule has 116 valence electrons. The average molecular weight is 287 g/mol. The summed E-state index contributed by atoms with van der Waals surface area (Å²) in [7, 11) is 0. The molecule has 2 heteroatoms. The van der Waals surface area contributed by atoms with Gasteiger partial charge in [0.05, 0.1) is 0 Å². The lowest BCUT2D eigenvalue weighted by Gasteiger charge is -2.26. The van der Waals surface area contributed by atoms with Gasteiger partial charge in [-0.25, -0.2) is 0 Å². The highest BCUT2D eigenvalue weighted by Gasteiger charge is 2.24. The van der Waals surface area contributed by atoms with E-state index in [4.69, 9.17) is 5.73 Å².